The number of carbonyl (C=O) groups is 4. The van der Waals surface area contributed by atoms with Crippen molar-refractivity contribution in [2.45, 2.75) is 297 Å². The van der Waals surface area contributed by atoms with E-state index < -0.39 is 11.7 Å². The monoisotopic (exact) mass is 978 g/mol. The lowest BCUT2D eigenvalue weighted by molar-refractivity contribution is -0.150. The van der Waals surface area contributed by atoms with Crippen LogP contribution in [0.15, 0.2) is 0 Å². The van der Waals surface area contributed by atoms with Gasteiger partial charge in [0.2, 0.25) is 5.91 Å². The first-order valence-corrected chi connectivity index (χ1v) is 29.4. The van der Waals surface area contributed by atoms with Crippen LogP contribution in [0.4, 0.5) is 4.79 Å². The Kier molecular flexibility index (Phi) is 41.5. The first kappa shape index (κ1) is 64.6. The smallest absolute Gasteiger partial charge is 0.410 e. The van der Waals surface area contributed by atoms with E-state index in [-0.39, 0.29) is 36.0 Å². The molecule has 0 spiro atoms. The number of nitrogens with one attached hydrogen (secondary N) is 1. The number of aliphatic hydroxyl groups excluding tert-OH is 1. The summed E-state index contributed by atoms with van der Waals surface area (Å²) in [6.45, 7) is 16.7. The Morgan fingerprint density at radius 2 is 1.06 bits per heavy atom. The molecular weight excluding hydrogens is 867 g/mol. The SMILES string of the molecule is CCCCCCCCCCCOC(=O)CCCCCN(CCCCCCCC(=O)OC(CCCCCCCC)CCCCCCCC)CC(O)CCCCNC(=O)[C@@H]1CCN(C(=O)OC(C)(C)C)C1. The fraction of sp³-hybridized carbons (Fsp3) is 0.931. The van der Waals surface area contributed by atoms with Gasteiger partial charge < -0.3 is 34.4 Å². The summed E-state index contributed by atoms with van der Waals surface area (Å²) >= 11 is 0. The second-order valence-electron chi connectivity index (χ2n) is 21.8. The van der Waals surface area contributed by atoms with Gasteiger partial charge in [0.1, 0.15) is 11.7 Å². The highest BCUT2D eigenvalue weighted by molar-refractivity contribution is 5.80. The molecule has 69 heavy (non-hydrogen) atoms. The summed E-state index contributed by atoms with van der Waals surface area (Å²) in [5.74, 6) is -0.350. The van der Waals surface area contributed by atoms with Gasteiger partial charge >= 0.3 is 18.0 Å². The maximum absolute atomic E-state index is 12.9. The van der Waals surface area contributed by atoms with E-state index in [1.807, 2.05) is 20.8 Å². The van der Waals surface area contributed by atoms with Crippen LogP contribution in [0.5, 0.6) is 0 Å². The van der Waals surface area contributed by atoms with E-state index in [2.05, 4.69) is 31.0 Å². The van der Waals surface area contributed by atoms with Crippen LogP contribution in [-0.4, -0.2) is 103 Å². The zero-order valence-corrected chi connectivity index (χ0v) is 46.0. The van der Waals surface area contributed by atoms with Gasteiger partial charge in [0.15, 0.2) is 0 Å². The average Bonchev–Trinajstić information content (AvgIpc) is 3.82. The highest BCUT2D eigenvalue weighted by Gasteiger charge is 2.33. The van der Waals surface area contributed by atoms with Crippen molar-refractivity contribution >= 4 is 23.9 Å². The van der Waals surface area contributed by atoms with E-state index in [9.17, 15) is 24.3 Å². The fourth-order valence-corrected chi connectivity index (χ4v) is 9.41. The molecule has 2 amide bonds. The maximum Gasteiger partial charge on any atom is 0.410 e. The zero-order chi connectivity index (χ0) is 50.6. The molecule has 0 radical (unpaired) electrons. The molecule has 1 aliphatic rings. The Labute approximate surface area is 424 Å². The summed E-state index contributed by atoms with van der Waals surface area (Å²) < 4.78 is 17.1. The number of hydrogen-bond donors (Lipinski definition) is 2. The largest absolute Gasteiger partial charge is 0.466 e. The van der Waals surface area contributed by atoms with Crippen molar-refractivity contribution in [3.8, 4) is 0 Å². The summed E-state index contributed by atoms with van der Waals surface area (Å²) in [4.78, 5) is 54.6. The predicted molar refractivity (Wildman–Crippen MR) is 285 cm³/mol. The van der Waals surface area contributed by atoms with Gasteiger partial charge in [0.25, 0.3) is 0 Å². The summed E-state index contributed by atoms with van der Waals surface area (Å²) in [5, 5.41) is 14.2. The van der Waals surface area contributed by atoms with E-state index in [1.165, 1.54) is 109 Å². The summed E-state index contributed by atoms with van der Waals surface area (Å²) in [5.41, 5.74) is -0.564. The number of likely N-dealkylation sites (tertiary alicyclic amines) is 1. The maximum atomic E-state index is 12.9. The highest BCUT2D eigenvalue weighted by atomic mass is 16.6. The number of aliphatic hydroxyl groups is 1. The Balaban J connectivity index is 2.48. The van der Waals surface area contributed by atoms with Crippen molar-refractivity contribution < 1.29 is 38.5 Å². The molecule has 1 aliphatic heterocycles. The number of nitrogens with zero attached hydrogens (tertiary/aromatic N) is 2. The molecule has 1 fully saturated rings. The normalized spacial score (nSPS) is 14.4. The predicted octanol–water partition coefficient (Wildman–Crippen LogP) is 14.6. The van der Waals surface area contributed by atoms with E-state index in [0.717, 1.165) is 116 Å². The second kappa shape index (κ2) is 44.3. The topological polar surface area (TPSA) is 135 Å². The first-order chi connectivity index (χ1) is 33.4. The molecule has 2 N–H and O–H groups in total. The second-order valence-corrected chi connectivity index (χ2v) is 21.8. The summed E-state index contributed by atoms with van der Waals surface area (Å²) in [6.07, 6.45) is 39.3. The van der Waals surface area contributed by atoms with E-state index in [0.29, 0.717) is 58.5 Å². The van der Waals surface area contributed by atoms with Crippen molar-refractivity contribution in [2.24, 2.45) is 5.92 Å². The molecule has 11 nitrogen and oxygen atoms in total. The average molecular weight is 979 g/mol. The molecule has 11 heteroatoms. The van der Waals surface area contributed by atoms with Crippen molar-refractivity contribution in [1.29, 1.82) is 0 Å². The molecule has 0 aliphatic carbocycles. The van der Waals surface area contributed by atoms with Crippen LogP contribution >= 0.6 is 0 Å². The van der Waals surface area contributed by atoms with Gasteiger partial charge in [0.05, 0.1) is 18.6 Å². The van der Waals surface area contributed by atoms with Gasteiger partial charge in [-0.15, -0.1) is 0 Å². The lowest BCUT2D eigenvalue weighted by Crippen LogP contribution is -2.37. The summed E-state index contributed by atoms with van der Waals surface area (Å²) in [6, 6.07) is 0. The fourth-order valence-electron chi connectivity index (χ4n) is 9.41. The molecule has 0 aromatic carbocycles. The third kappa shape index (κ3) is 39.9. The first-order valence-electron chi connectivity index (χ1n) is 29.4. The molecule has 0 aromatic heterocycles. The number of unbranched alkanes of at least 4 members (excludes halogenated alkanes) is 25. The number of ether oxygens (including phenoxy) is 3. The minimum atomic E-state index is -0.564. The number of rotatable bonds is 47. The summed E-state index contributed by atoms with van der Waals surface area (Å²) in [7, 11) is 0. The molecule has 406 valence electrons. The lowest BCUT2D eigenvalue weighted by atomic mass is 10.0. The van der Waals surface area contributed by atoms with Crippen molar-refractivity contribution in [3.63, 3.8) is 0 Å². The van der Waals surface area contributed by atoms with Crippen LogP contribution < -0.4 is 5.32 Å². The van der Waals surface area contributed by atoms with E-state index in [1.54, 1.807) is 4.90 Å². The molecule has 1 rings (SSSR count). The number of amides is 2. The Bertz CT molecular complexity index is 1230. The molecule has 0 aromatic rings. The Morgan fingerprint density at radius 3 is 1.61 bits per heavy atom. The van der Waals surface area contributed by atoms with Crippen molar-refractivity contribution in [2.75, 3.05) is 45.9 Å². The van der Waals surface area contributed by atoms with E-state index in [4.69, 9.17) is 14.2 Å². The van der Waals surface area contributed by atoms with Gasteiger partial charge in [-0.1, -0.05) is 162 Å². The van der Waals surface area contributed by atoms with Crippen molar-refractivity contribution in [1.82, 2.24) is 15.1 Å². The highest BCUT2D eigenvalue weighted by Crippen LogP contribution is 2.21. The van der Waals surface area contributed by atoms with Gasteiger partial charge in [0, 0.05) is 39.0 Å². The van der Waals surface area contributed by atoms with Gasteiger partial charge in [-0.25, -0.2) is 4.79 Å². The van der Waals surface area contributed by atoms with Crippen molar-refractivity contribution in [3.05, 3.63) is 0 Å². The number of hydrogen-bond acceptors (Lipinski definition) is 9. The number of esters is 2. The Morgan fingerprint density at radius 1 is 0.594 bits per heavy atom. The molecule has 0 bridgehead atoms. The molecule has 1 heterocycles. The van der Waals surface area contributed by atoms with Crippen LogP contribution in [0.3, 0.4) is 0 Å². The minimum absolute atomic E-state index is 0.0213. The van der Waals surface area contributed by atoms with Gasteiger partial charge in [-0.05, 0) is 117 Å². The molecule has 2 atom stereocenters. The molecular formula is C58H111N3O8. The van der Waals surface area contributed by atoms with Crippen LogP contribution in [0.2, 0.25) is 0 Å². The molecule has 1 saturated heterocycles. The third-order valence-corrected chi connectivity index (χ3v) is 13.7. The number of carbonyl (C=O) groups excluding carboxylic acids is 4. The quantitative estimate of drug-likeness (QED) is 0.0347. The zero-order valence-electron chi connectivity index (χ0n) is 46.0. The van der Waals surface area contributed by atoms with Crippen LogP contribution in [0.25, 0.3) is 0 Å². The van der Waals surface area contributed by atoms with Crippen LogP contribution in [0.1, 0.15) is 279 Å². The third-order valence-electron chi connectivity index (χ3n) is 13.7. The molecule has 1 unspecified atom stereocenters. The van der Waals surface area contributed by atoms with E-state index >= 15 is 0 Å². The minimum Gasteiger partial charge on any atom is -0.466 e. The van der Waals surface area contributed by atoms with Gasteiger partial charge in [-0.3, -0.25) is 14.4 Å². The molecule has 0 saturated carbocycles. The lowest BCUT2D eigenvalue weighted by Gasteiger charge is -2.25. The standard InChI is InChI=1S/C58H111N3O8/c1-7-10-13-16-19-20-21-27-37-48-67-54(63)41-32-28-36-46-60(50-52(62)38-33-34-44-59-56(65)51-43-47-61(49-51)57(66)69-58(4,5)6)45-35-26-22-25-31-42-55(64)68-53(39-29-23-17-14-11-8-2)40-30-24-18-15-12-9-3/h51-53,62H,7-50H2,1-6H3,(H,59,65)/t51-,52?/m1/s1. The Hall–Kier alpha value is -2.40. The van der Waals surface area contributed by atoms with Crippen LogP contribution in [-0.2, 0) is 28.6 Å². The van der Waals surface area contributed by atoms with Gasteiger partial charge in [-0.2, -0.15) is 0 Å². The van der Waals surface area contributed by atoms with Crippen LogP contribution in [0, 0.1) is 5.92 Å².